The first-order chi connectivity index (χ1) is 9.40. The molecule has 0 spiro atoms. The van der Waals surface area contributed by atoms with Gasteiger partial charge >= 0.3 is 0 Å². The molecule has 1 aromatic rings. The fraction of sp³-hybridized carbons (Fsp3) is 0.571. The van der Waals surface area contributed by atoms with Crippen molar-refractivity contribution >= 4 is 27.5 Å². The Morgan fingerprint density at radius 3 is 2.60 bits per heavy atom. The molecular formula is C14H24N2O2S2. The Labute approximate surface area is 126 Å². The molecule has 0 heterocycles. The van der Waals surface area contributed by atoms with Gasteiger partial charge in [0.05, 0.1) is 5.75 Å². The largest absolute Gasteiger partial charge is 0.399 e. The lowest BCUT2D eigenvalue weighted by molar-refractivity contribution is 0.343. The van der Waals surface area contributed by atoms with Crippen molar-refractivity contribution < 1.29 is 8.42 Å². The molecule has 1 unspecified atom stereocenters. The maximum Gasteiger partial charge on any atom is 0.215 e. The number of anilines is 1. The van der Waals surface area contributed by atoms with E-state index >= 15 is 0 Å². The van der Waals surface area contributed by atoms with Gasteiger partial charge in [-0.15, -0.1) is 11.8 Å². The molecule has 0 radical (unpaired) electrons. The van der Waals surface area contributed by atoms with E-state index in [4.69, 9.17) is 5.73 Å². The highest BCUT2D eigenvalue weighted by atomic mass is 32.2. The predicted molar refractivity (Wildman–Crippen MR) is 87.5 cm³/mol. The molecule has 0 aliphatic rings. The van der Waals surface area contributed by atoms with Crippen LogP contribution in [0.3, 0.4) is 0 Å². The summed E-state index contributed by atoms with van der Waals surface area (Å²) in [6.45, 7) is 6.37. The normalized spacial score (nSPS) is 13.6. The first-order valence-electron chi connectivity index (χ1n) is 6.88. The first-order valence-corrected chi connectivity index (χ1v) is 9.48. The summed E-state index contributed by atoms with van der Waals surface area (Å²) in [6.07, 6.45) is 0.829. The lowest BCUT2D eigenvalue weighted by Gasteiger charge is -2.26. The van der Waals surface area contributed by atoms with Crippen molar-refractivity contribution in [3.63, 3.8) is 0 Å². The number of rotatable bonds is 8. The van der Waals surface area contributed by atoms with Crippen molar-refractivity contribution in [1.29, 1.82) is 0 Å². The fourth-order valence-corrected chi connectivity index (χ4v) is 5.10. The highest BCUT2D eigenvalue weighted by molar-refractivity contribution is 8.00. The predicted octanol–water partition coefficient (Wildman–Crippen LogP) is 2.81. The van der Waals surface area contributed by atoms with Gasteiger partial charge in [-0.2, -0.15) is 4.31 Å². The molecule has 114 valence electrons. The summed E-state index contributed by atoms with van der Waals surface area (Å²) in [4.78, 5) is 1.01. The van der Waals surface area contributed by atoms with E-state index < -0.39 is 10.0 Å². The van der Waals surface area contributed by atoms with Gasteiger partial charge in [0, 0.05) is 28.9 Å². The smallest absolute Gasteiger partial charge is 0.215 e. The third-order valence-corrected chi connectivity index (χ3v) is 6.53. The molecule has 0 saturated heterocycles. The minimum absolute atomic E-state index is 0.0577. The van der Waals surface area contributed by atoms with Gasteiger partial charge in [-0.25, -0.2) is 8.42 Å². The molecule has 1 aromatic carbocycles. The Balaban J connectivity index is 2.59. The number of hydrogen-bond acceptors (Lipinski definition) is 4. The molecule has 0 aliphatic heterocycles. The minimum Gasteiger partial charge on any atom is -0.399 e. The number of benzene rings is 1. The summed E-state index contributed by atoms with van der Waals surface area (Å²) in [5.74, 6) is 0.698. The average Bonchev–Trinajstić information content (AvgIpc) is 2.38. The summed E-state index contributed by atoms with van der Waals surface area (Å²) in [5.41, 5.74) is 6.41. The monoisotopic (exact) mass is 316 g/mol. The van der Waals surface area contributed by atoms with Crippen LogP contribution in [-0.2, 0) is 10.0 Å². The zero-order valence-electron chi connectivity index (χ0n) is 12.4. The molecule has 6 heteroatoms. The molecule has 0 saturated carbocycles. The van der Waals surface area contributed by atoms with Crippen LogP contribution < -0.4 is 5.73 Å². The number of sulfonamides is 1. The number of thioether (sulfide) groups is 1. The van der Waals surface area contributed by atoms with E-state index in [2.05, 4.69) is 0 Å². The van der Waals surface area contributed by atoms with Crippen LogP contribution in [0.25, 0.3) is 0 Å². The minimum atomic E-state index is -3.18. The van der Waals surface area contributed by atoms with Gasteiger partial charge in [0.1, 0.15) is 0 Å². The molecule has 0 bridgehead atoms. The summed E-state index contributed by atoms with van der Waals surface area (Å²) in [7, 11) is -3.18. The maximum absolute atomic E-state index is 12.3. The molecular weight excluding hydrogens is 292 g/mol. The topological polar surface area (TPSA) is 63.4 Å². The molecule has 0 aromatic heterocycles. The van der Waals surface area contributed by atoms with Gasteiger partial charge in [0.2, 0.25) is 10.0 Å². The van der Waals surface area contributed by atoms with Gasteiger partial charge < -0.3 is 5.73 Å². The summed E-state index contributed by atoms with van der Waals surface area (Å²) >= 11 is 1.52. The lowest BCUT2D eigenvalue weighted by atomic mass is 10.3. The molecule has 1 atom stereocenters. The van der Waals surface area contributed by atoms with Crippen molar-refractivity contribution in [3.05, 3.63) is 24.3 Å². The summed E-state index contributed by atoms with van der Waals surface area (Å²) < 4.78 is 26.2. The molecule has 0 aliphatic carbocycles. The van der Waals surface area contributed by atoms with Gasteiger partial charge in [-0.1, -0.05) is 19.9 Å². The van der Waals surface area contributed by atoms with Crippen LogP contribution in [0.1, 0.15) is 27.2 Å². The van der Waals surface area contributed by atoms with Crippen LogP contribution in [0.4, 0.5) is 5.69 Å². The van der Waals surface area contributed by atoms with Gasteiger partial charge in [-0.05, 0) is 31.5 Å². The van der Waals surface area contributed by atoms with E-state index in [-0.39, 0.29) is 11.8 Å². The van der Waals surface area contributed by atoms with Crippen molar-refractivity contribution in [2.24, 2.45) is 0 Å². The Morgan fingerprint density at radius 1 is 1.35 bits per heavy atom. The van der Waals surface area contributed by atoms with Crippen LogP contribution >= 0.6 is 11.8 Å². The van der Waals surface area contributed by atoms with Gasteiger partial charge in [0.15, 0.2) is 0 Å². The molecule has 20 heavy (non-hydrogen) atoms. The SMILES string of the molecule is CCC(C)N(CC)S(=O)(=O)CCSc1cccc(N)c1. The number of nitrogens with two attached hydrogens (primary N) is 1. The second kappa shape index (κ2) is 7.90. The molecule has 0 amide bonds. The lowest BCUT2D eigenvalue weighted by Crippen LogP contribution is -2.39. The van der Waals surface area contributed by atoms with Gasteiger partial charge in [-0.3, -0.25) is 0 Å². The average molecular weight is 316 g/mol. The number of nitrogens with zero attached hydrogens (tertiary/aromatic N) is 1. The summed E-state index contributed by atoms with van der Waals surface area (Å²) in [5, 5.41) is 0. The van der Waals surface area contributed by atoms with Crippen molar-refractivity contribution in [3.8, 4) is 0 Å². The first kappa shape index (κ1) is 17.3. The fourth-order valence-electron chi connectivity index (χ4n) is 1.97. The highest BCUT2D eigenvalue weighted by Crippen LogP contribution is 2.21. The Bertz CT molecular complexity index is 518. The van der Waals surface area contributed by atoms with E-state index in [1.54, 1.807) is 4.31 Å². The van der Waals surface area contributed by atoms with Crippen LogP contribution in [0.15, 0.2) is 29.2 Å². The summed E-state index contributed by atoms with van der Waals surface area (Å²) in [6, 6.07) is 7.57. The van der Waals surface area contributed by atoms with Crippen LogP contribution in [-0.4, -0.2) is 36.8 Å². The van der Waals surface area contributed by atoms with Crippen LogP contribution in [0, 0.1) is 0 Å². The number of hydrogen-bond donors (Lipinski definition) is 1. The Kier molecular flexibility index (Phi) is 6.85. The zero-order chi connectivity index (χ0) is 15.2. The zero-order valence-corrected chi connectivity index (χ0v) is 14.0. The van der Waals surface area contributed by atoms with E-state index in [0.29, 0.717) is 18.0 Å². The van der Waals surface area contributed by atoms with Crippen molar-refractivity contribution in [2.75, 3.05) is 23.8 Å². The second-order valence-electron chi connectivity index (χ2n) is 4.70. The van der Waals surface area contributed by atoms with E-state index in [9.17, 15) is 8.42 Å². The number of nitrogen functional groups attached to an aromatic ring is 1. The third kappa shape index (κ3) is 5.00. The van der Waals surface area contributed by atoms with E-state index in [1.807, 2.05) is 45.0 Å². The van der Waals surface area contributed by atoms with Gasteiger partial charge in [0.25, 0.3) is 0 Å². The molecule has 0 fully saturated rings. The molecule has 2 N–H and O–H groups in total. The highest BCUT2D eigenvalue weighted by Gasteiger charge is 2.24. The Hall–Kier alpha value is -0.720. The van der Waals surface area contributed by atoms with E-state index in [1.165, 1.54) is 11.8 Å². The van der Waals surface area contributed by atoms with Crippen molar-refractivity contribution in [1.82, 2.24) is 4.31 Å². The van der Waals surface area contributed by atoms with Crippen LogP contribution in [0.5, 0.6) is 0 Å². The van der Waals surface area contributed by atoms with E-state index in [0.717, 1.165) is 11.3 Å². The second-order valence-corrected chi connectivity index (χ2v) is 7.91. The van der Waals surface area contributed by atoms with Crippen molar-refractivity contribution in [2.45, 2.75) is 38.1 Å². The maximum atomic E-state index is 12.3. The third-order valence-electron chi connectivity index (χ3n) is 3.22. The quantitative estimate of drug-likeness (QED) is 0.592. The molecule has 1 rings (SSSR count). The molecule has 4 nitrogen and oxygen atoms in total. The Morgan fingerprint density at radius 2 is 2.05 bits per heavy atom. The van der Waals surface area contributed by atoms with Crippen LogP contribution in [0.2, 0.25) is 0 Å². The standard InChI is InChI=1S/C14H24N2O2S2/c1-4-12(3)16(5-2)20(17,18)10-9-19-14-8-6-7-13(15)11-14/h6-8,11-12H,4-5,9-10,15H2,1-3H3.